The van der Waals surface area contributed by atoms with Gasteiger partial charge in [-0.05, 0) is 29.8 Å². The maximum absolute atomic E-state index is 6.05. The molecule has 0 radical (unpaired) electrons. The minimum Gasteiger partial charge on any atom is -0.497 e. The van der Waals surface area contributed by atoms with E-state index in [0.717, 1.165) is 30.1 Å². The highest BCUT2D eigenvalue weighted by Crippen LogP contribution is 2.28. The lowest BCUT2D eigenvalue weighted by Crippen LogP contribution is -2.32. The average molecular weight is 514 g/mol. The molecule has 0 aromatic heterocycles. The summed E-state index contributed by atoms with van der Waals surface area (Å²) in [6.45, 7) is 2.74. The lowest BCUT2D eigenvalue weighted by molar-refractivity contribution is 0.405. The van der Waals surface area contributed by atoms with E-state index in [9.17, 15) is 0 Å². The van der Waals surface area contributed by atoms with Crippen LogP contribution in [0.3, 0.4) is 0 Å². The fourth-order valence-electron chi connectivity index (χ4n) is 2.90. The van der Waals surface area contributed by atoms with Crippen molar-refractivity contribution in [2.45, 2.75) is 6.54 Å². The quantitative estimate of drug-likeness (QED) is 0.347. The summed E-state index contributed by atoms with van der Waals surface area (Å²) in [5.74, 6) is 4.12. The number of guanidine groups is 1. The highest BCUT2D eigenvalue weighted by molar-refractivity contribution is 14.0. The minimum absolute atomic E-state index is 0. The van der Waals surface area contributed by atoms with Crippen LogP contribution < -0.4 is 25.4 Å². The van der Waals surface area contributed by atoms with Crippen LogP contribution in [-0.4, -0.2) is 44.8 Å². The number of nitrogens with two attached hydrogens (primary N) is 1. The van der Waals surface area contributed by atoms with Gasteiger partial charge in [-0.2, -0.15) is 11.8 Å². The van der Waals surface area contributed by atoms with Crippen molar-refractivity contribution >= 4 is 53.1 Å². The zero-order valence-corrected chi connectivity index (χ0v) is 19.3. The second kappa shape index (κ2) is 11.3. The Morgan fingerprint density at radius 3 is 2.46 bits per heavy atom. The molecule has 152 valence electrons. The summed E-state index contributed by atoms with van der Waals surface area (Å²) in [5, 5.41) is 3.08. The van der Waals surface area contributed by atoms with Gasteiger partial charge in [0.25, 0.3) is 0 Å². The van der Waals surface area contributed by atoms with Gasteiger partial charge in [-0.1, -0.05) is 12.1 Å². The Labute approximate surface area is 187 Å². The van der Waals surface area contributed by atoms with Gasteiger partial charge in [-0.25, -0.2) is 4.99 Å². The molecule has 28 heavy (non-hydrogen) atoms. The summed E-state index contributed by atoms with van der Waals surface area (Å²) in [6.07, 6.45) is 0. The number of thioether (sulfide) groups is 1. The highest BCUT2D eigenvalue weighted by Gasteiger charge is 2.11. The van der Waals surface area contributed by atoms with Crippen LogP contribution in [0.15, 0.2) is 47.5 Å². The summed E-state index contributed by atoms with van der Waals surface area (Å²) in [4.78, 5) is 6.86. The molecule has 2 aromatic rings. The SMILES string of the molecule is COc1ccc(OC)c(NC(N)=NCc2ccc(N3CCSCC3)cc2)c1.I. The smallest absolute Gasteiger partial charge is 0.193 e. The molecule has 0 unspecified atom stereocenters. The van der Waals surface area contributed by atoms with Crippen LogP contribution >= 0.6 is 35.7 Å². The number of hydrogen-bond donors (Lipinski definition) is 2. The number of anilines is 2. The summed E-state index contributed by atoms with van der Waals surface area (Å²) in [6, 6.07) is 14.0. The molecule has 0 atom stereocenters. The van der Waals surface area contributed by atoms with E-state index in [1.54, 1.807) is 14.2 Å². The molecule has 0 amide bonds. The number of nitrogens with zero attached hydrogens (tertiary/aromatic N) is 2. The third-order valence-electron chi connectivity index (χ3n) is 4.41. The number of methoxy groups -OCH3 is 2. The molecule has 3 N–H and O–H groups in total. The van der Waals surface area contributed by atoms with Crippen LogP contribution in [0, 0.1) is 0 Å². The van der Waals surface area contributed by atoms with Crippen molar-refractivity contribution in [2.24, 2.45) is 10.7 Å². The fourth-order valence-corrected chi connectivity index (χ4v) is 3.80. The number of halogens is 1. The van der Waals surface area contributed by atoms with E-state index in [1.807, 2.05) is 30.0 Å². The monoisotopic (exact) mass is 514 g/mol. The van der Waals surface area contributed by atoms with Crippen LogP contribution in [0.1, 0.15) is 5.56 Å². The highest BCUT2D eigenvalue weighted by atomic mass is 127. The largest absolute Gasteiger partial charge is 0.497 e. The van der Waals surface area contributed by atoms with Crippen LogP contribution in [0.25, 0.3) is 0 Å². The van der Waals surface area contributed by atoms with Crippen LogP contribution in [0.5, 0.6) is 11.5 Å². The van der Waals surface area contributed by atoms with E-state index in [-0.39, 0.29) is 24.0 Å². The van der Waals surface area contributed by atoms with Crippen molar-refractivity contribution in [2.75, 3.05) is 49.0 Å². The lowest BCUT2D eigenvalue weighted by atomic mass is 10.2. The Hall–Kier alpha value is -1.81. The summed E-state index contributed by atoms with van der Waals surface area (Å²) in [5.41, 5.74) is 9.16. The molecule has 2 aromatic carbocycles. The number of nitrogens with one attached hydrogen (secondary N) is 1. The van der Waals surface area contributed by atoms with Gasteiger partial charge in [-0.15, -0.1) is 24.0 Å². The average Bonchev–Trinajstić information content (AvgIpc) is 2.73. The maximum Gasteiger partial charge on any atom is 0.193 e. The molecule has 1 heterocycles. The van der Waals surface area contributed by atoms with Crippen LogP contribution in [0.4, 0.5) is 11.4 Å². The molecule has 1 saturated heterocycles. The number of aliphatic imine (C=N–C) groups is 1. The van der Waals surface area contributed by atoms with Gasteiger partial charge in [0, 0.05) is 36.3 Å². The van der Waals surface area contributed by atoms with Gasteiger partial charge >= 0.3 is 0 Å². The first-order chi connectivity index (χ1) is 13.2. The van der Waals surface area contributed by atoms with Gasteiger partial charge in [-0.3, -0.25) is 0 Å². The first kappa shape index (κ1) is 22.5. The molecule has 0 saturated carbocycles. The Kier molecular flexibility index (Phi) is 9.04. The fraction of sp³-hybridized carbons (Fsp3) is 0.350. The second-order valence-corrected chi connectivity index (χ2v) is 7.38. The third-order valence-corrected chi connectivity index (χ3v) is 5.36. The zero-order chi connectivity index (χ0) is 19.1. The molecule has 1 aliphatic rings. The van der Waals surface area contributed by atoms with E-state index >= 15 is 0 Å². The normalized spacial score (nSPS) is 14.2. The van der Waals surface area contributed by atoms with Crippen molar-refractivity contribution in [3.63, 3.8) is 0 Å². The van der Waals surface area contributed by atoms with E-state index < -0.39 is 0 Å². The number of rotatable bonds is 6. The molecule has 0 aliphatic carbocycles. The lowest BCUT2D eigenvalue weighted by Gasteiger charge is -2.28. The zero-order valence-electron chi connectivity index (χ0n) is 16.2. The van der Waals surface area contributed by atoms with E-state index in [2.05, 4.69) is 39.5 Å². The number of ether oxygens (including phenoxy) is 2. The number of benzene rings is 2. The minimum atomic E-state index is 0. The molecular weight excluding hydrogens is 487 g/mol. The topological polar surface area (TPSA) is 72.1 Å². The molecule has 3 rings (SSSR count). The van der Waals surface area contributed by atoms with Gasteiger partial charge in [0.15, 0.2) is 5.96 Å². The van der Waals surface area contributed by atoms with Gasteiger partial charge in [0.2, 0.25) is 0 Å². The first-order valence-corrected chi connectivity index (χ1v) is 10.1. The Bertz CT molecular complexity index is 780. The van der Waals surface area contributed by atoms with Crippen molar-refractivity contribution < 1.29 is 9.47 Å². The summed E-state index contributed by atoms with van der Waals surface area (Å²) >= 11 is 2.02. The van der Waals surface area contributed by atoms with E-state index in [0.29, 0.717) is 18.3 Å². The Balaban J connectivity index is 0.00000280. The number of hydrogen-bond acceptors (Lipinski definition) is 5. The molecule has 6 nitrogen and oxygen atoms in total. The molecule has 1 fully saturated rings. The van der Waals surface area contributed by atoms with Crippen molar-refractivity contribution in [1.82, 2.24) is 0 Å². The van der Waals surface area contributed by atoms with Gasteiger partial charge < -0.3 is 25.4 Å². The first-order valence-electron chi connectivity index (χ1n) is 8.90. The Morgan fingerprint density at radius 1 is 1.11 bits per heavy atom. The van der Waals surface area contributed by atoms with Gasteiger partial charge in [0.05, 0.1) is 26.5 Å². The standard InChI is InChI=1S/C20H26N4O2S.HI/c1-25-17-7-8-19(26-2)18(13-17)23-20(21)22-14-15-3-5-16(6-4-15)24-9-11-27-12-10-24;/h3-8,13H,9-12,14H2,1-2H3,(H3,21,22,23);1H. The van der Waals surface area contributed by atoms with E-state index in [1.165, 1.54) is 17.2 Å². The molecule has 1 aliphatic heterocycles. The predicted molar refractivity (Wildman–Crippen MR) is 130 cm³/mol. The van der Waals surface area contributed by atoms with Gasteiger partial charge in [0.1, 0.15) is 11.5 Å². The molecule has 0 bridgehead atoms. The van der Waals surface area contributed by atoms with E-state index in [4.69, 9.17) is 15.2 Å². The van der Waals surface area contributed by atoms with Crippen molar-refractivity contribution in [1.29, 1.82) is 0 Å². The van der Waals surface area contributed by atoms with Crippen molar-refractivity contribution in [3.05, 3.63) is 48.0 Å². The second-order valence-electron chi connectivity index (χ2n) is 6.16. The van der Waals surface area contributed by atoms with Crippen molar-refractivity contribution in [3.8, 4) is 11.5 Å². The third kappa shape index (κ3) is 6.10. The predicted octanol–water partition coefficient (Wildman–Crippen LogP) is 3.80. The summed E-state index contributed by atoms with van der Waals surface area (Å²) < 4.78 is 10.6. The van der Waals surface area contributed by atoms with Crippen LogP contribution in [-0.2, 0) is 6.54 Å². The molecule has 0 spiro atoms. The Morgan fingerprint density at radius 2 is 1.82 bits per heavy atom. The van der Waals surface area contributed by atoms with Crippen LogP contribution in [0.2, 0.25) is 0 Å². The maximum atomic E-state index is 6.05. The summed E-state index contributed by atoms with van der Waals surface area (Å²) in [7, 11) is 3.23. The molecular formula is C20H27IN4O2S. The molecule has 8 heteroatoms.